The van der Waals surface area contributed by atoms with E-state index in [1.54, 1.807) is 7.11 Å². The summed E-state index contributed by atoms with van der Waals surface area (Å²) in [6.45, 7) is 3.66. The number of para-hydroxylation sites is 1. The van der Waals surface area contributed by atoms with Crippen molar-refractivity contribution in [3.63, 3.8) is 0 Å². The number of H-pyrrole nitrogens is 1. The zero-order chi connectivity index (χ0) is 17.8. The van der Waals surface area contributed by atoms with Gasteiger partial charge in [0.25, 0.3) is 0 Å². The van der Waals surface area contributed by atoms with E-state index in [9.17, 15) is 0 Å². The molecule has 0 aliphatic rings. The van der Waals surface area contributed by atoms with Crippen LogP contribution in [0.4, 0.5) is 0 Å². The van der Waals surface area contributed by atoms with E-state index in [4.69, 9.17) is 9.47 Å². The molecule has 2 aromatic carbocycles. The van der Waals surface area contributed by atoms with Crippen LogP contribution in [0.15, 0.2) is 48.5 Å². The quantitative estimate of drug-likeness (QED) is 0.703. The van der Waals surface area contributed by atoms with Crippen LogP contribution in [-0.2, 0) is 4.74 Å². The Balaban J connectivity index is 2.01. The molecule has 0 spiro atoms. The van der Waals surface area contributed by atoms with Crippen molar-refractivity contribution in [2.45, 2.75) is 13.0 Å². The van der Waals surface area contributed by atoms with E-state index in [1.807, 2.05) is 12.1 Å². The van der Waals surface area contributed by atoms with Crippen molar-refractivity contribution in [3.8, 4) is 5.75 Å². The van der Waals surface area contributed by atoms with Gasteiger partial charge in [-0.25, -0.2) is 0 Å². The van der Waals surface area contributed by atoms with Gasteiger partial charge in [0.2, 0.25) is 0 Å². The number of hydrogen-bond donors (Lipinski definition) is 1. The fourth-order valence-electron chi connectivity index (χ4n) is 3.11. The van der Waals surface area contributed by atoms with Gasteiger partial charge >= 0.3 is 0 Å². The Hall–Kier alpha value is -2.30. The van der Waals surface area contributed by atoms with Crippen molar-refractivity contribution in [2.75, 3.05) is 34.4 Å². The van der Waals surface area contributed by atoms with E-state index in [0.29, 0.717) is 6.61 Å². The molecule has 0 saturated heterocycles. The predicted molar refractivity (Wildman–Crippen MR) is 102 cm³/mol. The lowest BCUT2D eigenvalue weighted by Gasteiger charge is -2.21. The molecule has 0 amide bonds. The largest absolute Gasteiger partial charge is 0.497 e. The normalized spacial score (nSPS) is 12.7. The maximum Gasteiger partial charge on any atom is 0.118 e. The van der Waals surface area contributed by atoms with Crippen LogP contribution in [0.25, 0.3) is 10.9 Å². The lowest BCUT2D eigenvalue weighted by molar-refractivity contribution is 0.0692. The average molecular weight is 338 g/mol. The second-order valence-electron chi connectivity index (χ2n) is 6.54. The van der Waals surface area contributed by atoms with Crippen molar-refractivity contribution in [2.24, 2.45) is 0 Å². The fraction of sp³-hybridized carbons (Fsp3) is 0.333. The Bertz CT molecular complexity index is 822. The Labute approximate surface area is 149 Å². The number of ether oxygens (including phenoxy) is 2. The summed E-state index contributed by atoms with van der Waals surface area (Å²) in [5.74, 6) is 0.853. The number of aromatic amines is 1. The number of benzene rings is 2. The van der Waals surface area contributed by atoms with E-state index >= 15 is 0 Å². The number of likely N-dealkylation sites (N-methyl/N-ethyl adjacent to an activating group) is 1. The Morgan fingerprint density at radius 1 is 1.04 bits per heavy atom. The number of aromatic nitrogens is 1. The van der Waals surface area contributed by atoms with Crippen LogP contribution in [0.2, 0.25) is 0 Å². The third kappa shape index (κ3) is 3.86. The van der Waals surface area contributed by atoms with Crippen molar-refractivity contribution < 1.29 is 9.47 Å². The van der Waals surface area contributed by atoms with Crippen LogP contribution in [0, 0.1) is 6.92 Å². The van der Waals surface area contributed by atoms with Gasteiger partial charge in [-0.2, -0.15) is 0 Å². The predicted octanol–water partition coefficient (Wildman–Crippen LogP) is 4.15. The summed E-state index contributed by atoms with van der Waals surface area (Å²) in [5, 5.41) is 1.21. The topological polar surface area (TPSA) is 37.5 Å². The molecular formula is C21H26N2O2. The molecule has 1 N–H and O–H groups in total. The van der Waals surface area contributed by atoms with Crippen LogP contribution in [0.5, 0.6) is 5.75 Å². The van der Waals surface area contributed by atoms with Gasteiger partial charge in [0.15, 0.2) is 0 Å². The number of fused-ring (bicyclic) bond motifs is 1. The highest BCUT2D eigenvalue weighted by atomic mass is 16.5. The minimum Gasteiger partial charge on any atom is -0.497 e. The molecule has 0 saturated carbocycles. The molecule has 132 valence electrons. The summed E-state index contributed by atoms with van der Waals surface area (Å²) in [4.78, 5) is 5.62. The molecule has 3 aromatic rings. The molecule has 0 fully saturated rings. The van der Waals surface area contributed by atoms with Gasteiger partial charge in [-0.3, -0.25) is 0 Å². The smallest absolute Gasteiger partial charge is 0.118 e. The summed E-state index contributed by atoms with van der Waals surface area (Å²) in [5.41, 5.74) is 4.63. The van der Waals surface area contributed by atoms with Crippen LogP contribution in [0.1, 0.15) is 22.9 Å². The van der Waals surface area contributed by atoms with Gasteiger partial charge in [-0.05, 0) is 44.8 Å². The SMILES string of the molecule is COc1ccc(C(OCCN(C)C)c2c(C)[nH]c3ccccc23)cc1. The van der Waals surface area contributed by atoms with Gasteiger partial charge < -0.3 is 19.4 Å². The average Bonchev–Trinajstić information content (AvgIpc) is 2.94. The molecule has 0 bridgehead atoms. The van der Waals surface area contributed by atoms with E-state index < -0.39 is 0 Å². The van der Waals surface area contributed by atoms with Crippen molar-refractivity contribution in [1.82, 2.24) is 9.88 Å². The zero-order valence-electron chi connectivity index (χ0n) is 15.4. The maximum absolute atomic E-state index is 6.34. The first-order valence-corrected chi connectivity index (χ1v) is 8.57. The van der Waals surface area contributed by atoms with Gasteiger partial charge in [0.05, 0.1) is 13.7 Å². The molecule has 4 heteroatoms. The van der Waals surface area contributed by atoms with Gasteiger partial charge in [-0.15, -0.1) is 0 Å². The molecule has 1 heterocycles. The summed E-state index contributed by atoms with van der Waals surface area (Å²) >= 11 is 0. The highest BCUT2D eigenvalue weighted by Crippen LogP contribution is 2.35. The van der Waals surface area contributed by atoms with Crippen LogP contribution < -0.4 is 4.74 Å². The van der Waals surface area contributed by atoms with Crippen LogP contribution in [-0.4, -0.2) is 44.2 Å². The molecule has 1 aromatic heterocycles. The third-order valence-corrected chi connectivity index (χ3v) is 4.45. The van der Waals surface area contributed by atoms with E-state index in [1.165, 1.54) is 10.9 Å². The highest BCUT2D eigenvalue weighted by molar-refractivity contribution is 5.85. The number of methoxy groups -OCH3 is 1. The second kappa shape index (κ2) is 7.72. The summed E-state index contributed by atoms with van der Waals surface area (Å²) in [7, 11) is 5.80. The number of rotatable bonds is 7. The van der Waals surface area contributed by atoms with Crippen molar-refractivity contribution >= 4 is 10.9 Å². The summed E-state index contributed by atoms with van der Waals surface area (Å²) in [6.07, 6.45) is -0.109. The minimum absolute atomic E-state index is 0.109. The van der Waals surface area contributed by atoms with E-state index in [2.05, 4.69) is 67.3 Å². The lowest BCUT2D eigenvalue weighted by atomic mass is 9.98. The number of aryl methyl sites for hydroxylation is 1. The van der Waals surface area contributed by atoms with Gasteiger partial charge in [0, 0.05) is 28.7 Å². The molecular weight excluding hydrogens is 312 g/mol. The van der Waals surface area contributed by atoms with Gasteiger partial charge in [0.1, 0.15) is 11.9 Å². The van der Waals surface area contributed by atoms with Crippen molar-refractivity contribution in [3.05, 3.63) is 65.4 Å². The molecule has 0 aliphatic heterocycles. The first-order chi connectivity index (χ1) is 12.1. The Morgan fingerprint density at radius 2 is 1.76 bits per heavy atom. The molecule has 1 unspecified atom stereocenters. The maximum atomic E-state index is 6.34. The number of nitrogens with one attached hydrogen (secondary N) is 1. The molecule has 3 rings (SSSR count). The van der Waals surface area contributed by atoms with E-state index in [-0.39, 0.29) is 6.10 Å². The molecule has 4 nitrogen and oxygen atoms in total. The minimum atomic E-state index is -0.109. The summed E-state index contributed by atoms with van der Waals surface area (Å²) < 4.78 is 11.6. The molecule has 0 aliphatic carbocycles. The zero-order valence-corrected chi connectivity index (χ0v) is 15.4. The standard InChI is InChI=1S/C21H26N2O2/c1-15-20(18-7-5-6-8-19(18)22-15)21(25-14-13-23(2)3)16-9-11-17(24-4)12-10-16/h5-12,21-22H,13-14H2,1-4H3. The lowest BCUT2D eigenvalue weighted by Crippen LogP contribution is -2.20. The van der Waals surface area contributed by atoms with Crippen LogP contribution in [0.3, 0.4) is 0 Å². The second-order valence-corrected chi connectivity index (χ2v) is 6.54. The molecule has 0 radical (unpaired) electrons. The monoisotopic (exact) mass is 338 g/mol. The Morgan fingerprint density at radius 3 is 2.44 bits per heavy atom. The number of hydrogen-bond acceptors (Lipinski definition) is 3. The Kier molecular flexibility index (Phi) is 5.41. The van der Waals surface area contributed by atoms with Gasteiger partial charge in [-0.1, -0.05) is 30.3 Å². The van der Waals surface area contributed by atoms with Crippen LogP contribution >= 0.6 is 0 Å². The molecule has 1 atom stereocenters. The van der Waals surface area contributed by atoms with Crippen molar-refractivity contribution in [1.29, 1.82) is 0 Å². The summed E-state index contributed by atoms with van der Waals surface area (Å²) in [6, 6.07) is 16.5. The number of nitrogens with zero attached hydrogens (tertiary/aromatic N) is 1. The van der Waals surface area contributed by atoms with E-state index in [0.717, 1.165) is 29.1 Å². The fourth-order valence-corrected chi connectivity index (χ4v) is 3.11. The third-order valence-electron chi connectivity index (χ3n) is 4.45. The first kappa shape index (κ1) is 17.5. The highest BCUT2D eigenvalue weighted by Gasteiger charge is 2.21. The molecule has 25 heavy (non-hydrogen) atoms. The first-order valence-electron chi connectivity index (χ1n) is 8.57.